The first-order chi connectivity index (χ1) is 8.28. The van der Waals surface area contributed by atoms with Crippen molar-refractivity contribution in [1.29, 1.82) is 0 Å². The maximum absolute atomic E-state index is 3.58. The molecule has 17 heavy (non-hydrogen) atoms. The summed E-state index contributed by atoms with van der Waals surface area (Å²) in [6, 6.07) is 9.28. The fourth-order valence-electron chi connectivity index (χ4n) is 2.46. The summed E-state index contributed by atoms with van der Waals surface area (Å²) in [5.74, 6) is 0.906. The number of rotatable bonds is 3. The monoisotopic (exact) mass is 229 g/mol. The van der Waals surface area contributed by atoms with Crippen LogP contribution in [0.3, 0.4) is 0 Å². The molecule has 1 aromatic rings. The minimum atomic E-state index is 0.565. The summed E-state index contributed by atoms with van der Waals surface area (Å²) in [4.78, 5) is 0. The molecular formula is C16H23N. The highest BCUT2D eigenvalue weighted by atomic mass is 14.9. The summed E-state index contributed by atoms with van der Waals surface area (Å²) in [5, 5.41) is 3.58. The zero-order valence-corrected chi connectivity index (χ0v) is 10.9. The molecule has 0 radical (unpaired) electrons. The molecule has 1 nitrogen and oxygen atoms in total. The van der Waals surface area contributed by atoms with Gasteiger partial charge in [0.15, 0.2) is 0 Å². The van der Waals surface area contributed by atoms with Gasteiger partial charge in [0.1, 0.15) is 0 Å². The van der Waals surface area contributed by atoms with Gasteiger partial charge in [0.25, 0.3) is 0 Å². The topological polar surface area (TPSA) is 12.0 Å². The molecule has 0 amide bonds. The lowest BCUT2D eigenvalue weighted by atomic mass is 9.90. The highest BCUT2D eigenvalue weighted by Gasteiger charge is 2.17. The Hall–Kier alpha value is -1.08. The van der Waals surface area contributed by atoms with Crippen LogP contribution in [0.2, 0.25) is 0 Å². The Bertz CT molecular complexity index is 364. The average molecular weight is 229 g/mol. The molecule has 1 aliphatic heterocycles. The van der Waals surface area contributed by atoms with Gasteiger partial charge in [-0.2, -0.15) is 0 Å². The van der Waals surface area contributed by atoms with Crippen molar-refractivity contribution in [1.82, 2.24) is 5.32 Å². The fourth-order valence-corrected chi connectivity index (χ4v) is 2.46. The van der Waals surface area contributed by atoms with E-state index in [0.717, 1.165) is 5.92 Å². The van der Waals surface area contributed by atoms with Gasteiger partial charge < -0.3 is 5.32 Å². The number of hydrogen-bond donors (Lipinski definition) is 1. The van der Waals surface area contributed by atoms with Crippen LogP contribution in [-0.2, 0) is 0 Å². The predicted molar refractivity (Wildman–Crippen MR) is 75.0 cm³/mol. The van der Waals surface area contributed by atoms with Crippen LogP contribution < -0.4 is 5.32 Å². The van der Waals surface area contributed by atoms with Gasteiger partial charge in [-0.05, 0) is 37.8 Å². The summed E-state index contributed by atoms with van der Waals surface area (Å²) in [5.41, 5.74) is 2.63. The molecule has 0 spiro atoms. The van der Waals surface area contributed by atoms with E-state index in [4.69, 9.17) is 0 Å². The van der Waals surface area contributed by atoms with Gasteiger partial charge in [0.05, 0.1) is 0 Å². The number of piperidine rings is 1. The zero-order valence-electron chi connectivity index (χ0n) is 10.9. The lowest BCUT2D eigenvalue weighted by Gasteiger charge is -2.27. The van der Waals surface area contributed by atoms with Crippen LogP contribution in [0, 0.1) is 12.8 Å². The maximum atomic E-state index is 3.58. The van der Waals surface area contributed by atoms with Crippen LogP contribution in [0.1, 0.15) is 37.3 Å². The van der Waals surface area contributed by atoms with Crippen LogP contribution in [-0.4, -0.2) is 12.6 Å². The third-order valence-corrected chi connectivity index (χ3v) is 3.72. The Kier molecular flexibility index (Phi) is 4.38. The fraction of sp³-hybridized carbons (Fsp3) is 0.500. The molecule has 0 saturated carbocycles. The second kappa shape index (κ2) is 6.02. The van der Waals surface area contributed by atoms with E-state index in [-0.39, 0.29) is 0 Å². The van der Waals surface area contributed by atoms with E-state index < -0.39 is 0 Å². The second-order valence-corrected chi connectivity index (χ2v) is 5.13. The number of hydrogen-bond acceptors (Lipinski definition) is 1. The molecule has 1 aromatic carbocycles. The quantitative estimate of drug-likeness (QED) is 0.831. The molecular weight excluding hydrogens is 206 g/mol. The summed E-state index contributed by atoms with van der Waals surface area (Å²) < 4.78 is 0. The number of aryl methyl sites for hydroxylation is 1. The molecule has 2 rings (SSSR count). The molecule has 1 N–H and O–H groups in total. The largest absolute Gasteiger partial charge is 0.310 e. The lowest BCUT2D eigenvalue weighted by Crippen LogP contribution is -2.36. The Morgan fingerprint density at radius 2 is 2.06 bits per heavy atom. The number of nitrogens with one attached hydrogen (secondary N) is 1. The number of benzene rings is 1. The van der Waals surface area contributed by atoms with Crippen molar-refractivity contribution in [3.63, 3.8) is 0 Å². The molecule has 1 heteroatoms. The Morgan fingerprint density at radius 1 is 1.29 bits per heavy atom. The van der Waals surface area contributed by atoms with Gasteiger partial charge in [-0.25, -0.2) is 0 Å². The van der Waals surface area contributed by atoms with Crippen molar-refractivity contribution in [2.75, 3.05) is 6.54 Å². The van der Waals surface area contributed by atoms with E-state index in [1.165, 1.54) is 36.9 Å². The standard InChI is InChI=1S/C16H23N/c1-3-14-10-11-17-16(12-14)9-8-15-6-4-13(2)5-7-15/h4-9,14,16-17H,3,10-12H2,1-2H3/b9-8+. The third-order valence-electron chi connectivity index (χ3n) is 3.72. The molecule has 0 aliphatic carbocycles. The molecule has 1 fully saturated rings. The SMILES string of the molecule is CCC1CCNC(/C=C/c2ccc(C)cc2)C1. The maximum Gasteiger partial charge on any atom is 0.0255 e. The smallest absolute Gasteiger partial charge is 0.0255 e. The molecule has 1 saturated heterocycles. The van der Waals surface area contributed by atoms with Crippen molar-refractivity contribution in [2.24, 2.45) is 5.92 Å². The summed E-state index contributed by atoms with van der Waals surface area (Å²) >= 11 is 0. The van der Waals surface area contributed by atoms with E-state index >= 15 is 0 Å². The van der Waals surface area contributed by atoms with Crippen molar-refractivity contribution in [3.8, 4) is 0 Å². The van der Waals surface area contributed by atoms with Gasteiger partial charge in [-0.3, -0.25) is 0 Å². The molecule has 92 valence electrons. The van der Waals surface area contributed by atoms with Crippen LogP contribution >= 0.6 is 0 Å². The van der Waals surface area contributed by atoms with E-state index in [9.17, 15) is 0 Å². The second-order valence-electron chi connectivity index (χ2n) is 5.13. The Morgan fingerprint density at radius 3 is 2.76 bits per heavy atom. The van der Waals surface area contributed by atoms with Gasteiger partial charge in [0.2, 0.25) is 0 Å². The molecule has 0 bridgehead atoms. The minimum absolute atomic E-state index is 0.565. The van der Waals surface area contributed by atoms with Crippen LogP contribution in [0.15, 0.2) is 30.3 Å². The van der Waals surface area contributed by atoms with Gasteiger partial charge in [-0.15, -0.1) is 0 Å². The molecule has 2 atom stereocenters. The minimum Gasteiger partial charge on any atom is -0.310 e. The predicted octanol–water partition coefficient (Wildman–Crippen LogP) is 3.79. The molecule has 1 aliphatic rings. The van der Waals surface area contributed by atoms with Crippen LogP contribution in [0.4, 0.5) is 0 Å². The van der Waals surface area contributed by atoms with E-state index in [1.54, 1.807) is 0 Å². The summed E-state index contributed by atoms with van der Waals surface area (Å²) in [6.45, 7) is 5.60. The molecule has 1 heterocycles. The van der Waals surface area contributed by atoms with Gasteiger partial charge in [0, 0.05) is 6.04 Å². The lowest BCUT2D eigenvalue weighted by molar-refractivity contribution is 0.326. The zero-order chi connectivity index (χ0) is 12.1. The normalized spacial score (nSPS) is 25.3. The summed E-state index contributed by atoms with van der Waals surface area (Å²) in [7, 11) is 0. The first-order valence-corrected chi connectivity index (χ1v) is 6.76. The first kappa shape index (κ1) is 12.4. The Balaban J connectivity index is 1.93. The van der Waals surface area contributed by atoms with E-state index in [1.807, 2.05) is 0 Å². The van der Waals surface area contributed by atoms with Crippen molar-refractivity contribution >= 4 is 6.08 Å². The van der Waals surface area contributed by atoms with Gasteiger partial charge in [-0.1, -0.05) is 55.3 Å². The first-order valence-electron chi connectivity index (χ1n) is 6.76. The Labute approximate surface area is 105 Å². The third kappa shape index (κ3) is 3.71. The average Bonchev–Trinajstić information content (AvgIpc) is 2.38. The van der Waals surface area contributed by atoms with E-state index in [2.05, 4.69) is 55.6 Å². The van der Waals surface area contributed by atoms with Crippen LogP contribution in [0.5, 0.6) is 0 Å². The highest BCUT2D eigenvalue weighted by molar-refractivity contribution is 5.50. The van der Waals surface area contributed by atoms with Crippen LogP contribution in [0.25, 0.3) is 6.08 Å². The van der Waals surface area contributed by atoms with Crippen molar-refractivity contribution in [3.05, 3.63) is 41.5 Å². The van der Waals surface area contributed by atoms with Crippen molar-refractivity contribution in [2.45, 2.75) is 39.2 Å². The molecule has 0 aromatic heterocycles. The van der Waals surface area contributed by atoms with E-state index in [0.29, 0.717) is 6.04 Å². The molecule has 2 unspecified atom stereocenters. The van der Waals surface area contributed by atoms with Gasteiger partial charge >= 0.3 is 0 Å². The van der Waals surface area contributed by atoms with Crippen molar-refractivity contribution < 1.29 is 0 Å². The summed E-state index contributed by atoms with van der Waals surface area (Å²) in [6.07, 6.45) is 8.52. The highest BCUT2D eigenvalue weighted by Crippen LogP contribution is 2.20.